The lowest BCUT2D eigenvalue weighted by molar-refractivity contribution is -0.142. The summed E-state index contributed by atoms with van der Waals surface area (Å²) in [6, 6.07) is -1.85. The highest BCUT2D eigenvalue weighted by Gasteiger charge is 2.33. The molecule has 2 unspecified atom stereocenters. The van der Waals surface area contributed by atoms with Crippen LogP contribution in [-0.2, 0) is 14.4 Å². The number of amides is 3. The molecule has 0 aliphatic carbocycles. The van der Waals surface area contributed by atoms with Crippen molar-refractivity contribution in [3.05, 3.63) is 0 Å². The Morgan fingerprint density at radius 1 is 1.37 bits per heavy atom. The van der Waals surface area contributed by atoms with Gasteiger partial charge in [0, 0.05) is 6.54 Å². The molecule has 4 N–H and O–H groups in total. The van der Waals surface area contributed by atoms with Crippen LogP contribution in [0, 0.1) is 5.92 Å². The largest absolute Gasteiger partial charge is 0.465 e. The zero-order valence-corrected chi connectivity index (χ0v) is 10.7. The first-order valence-corrected chi connectivity index (χ1v) is 5.94. The molecule has 1 aliphatic rings. The van der Waals surface area contributed by atoms with Crippen molar-refractivity contribution >= 4 is 23.7 Å². The predicted molar refractivity (Wildman–Crippen MR) is 64.4 cm³/mol. The summed E-state index contributed by atoms with van der Waals surface area (Å²) in [5.41, 5.74) is 0. The van der Waals surface area contributed by atoms with Crippen LogP contribution in [0.4, 0.5) is 4.79 Å². The molecule has 1 heterocycles. The van der Waals surface area contributed by atoms with Crippen molar-refractivity contribution in [3.8, 4) is 0 Å². The van der Waals surface area contributed by atoms with Gasteiger partial charge in [-0.2, -0.15) is 0 Å². The van der Waals surface area contributed by atoms with Crippen LogP contribution in [0.15, 0.2) is 0 Å². The molecule has 2 atom stereocenters. The Morgan fingerprint density at radius 2 is 2.00 bits per heavy atom. The molecule has 0 aromatic heterocycles. The number of carbonyl (C=O) groups is 4. The maximum Gasteiger partial charge on any atom is 0.405 e. The van der Waals surface area contributed by atoms with Gasteiger partial charge in [-0.15, -0.1) is 0 Å². The molecule has 3 amide bonds. The summed E-state index contributed by atoms with van der Waals surface area (Å²) in [5, 5.41) is 15.5. The molecule has 0 aromatic carbocycles. The fourth-order valence-electron chi connectivity index (χ4n) is 1.77. The first-order chi connectivity index (χ1) is 8.82. The molecule has 8 nitrogen and oxygen atoms in total. The van der Waals surface area contributed by atoms with E-state index in [0.717, 1.165) is 0 Å². The number of ketones is 1. The lowest BCUT2D eigenvalue weighted by Crippen LogP contribution is -2.58. The molecule has 1 fully saturated rings. The van der Waals surface area contributed by atoms with Crippen LogP contribution >= 0.6 is 0 Å². The quantitative estimate of drug-likeness (QED) is 0.481. The van der Waals surface area contributed by atoms with Gasteiger partial charge in [0.25, 0.3) is 5.91 Å². The molecule has 0 spiro atoms. The SMILES string of the molecule is CC(C)C(NC(=O)O)C(=O)NC1CCNC(=O)C1=O. The first-order valence-electron chi connectivity index (χ1n) is 5.94. The molecule has 8 heteroatoms. The normalized spacial score (nSPS) is 20.7. The summed E-state index contributed by atoms with van der Waals surface area (Å²) in [6.45, 7) is 3.65. The zero-order valence-electron chi connectivity index (χ0n) is 10.7. The van der Waals surface area contributed by atoms with Crippen molar-refractivity contribution in [1.82, 2.24) is 16.0 Å². The van der Waals surface area contributed by atoms with E-state index in [1.807, 2.05) is 0 Å². The molecule has 0 bridgehead atoms. The van der Waals surface area contributed by atoms with E-state index in [1.54, 1.807) is 13.8 Å². The second kappa shape index (κ2) is 6.17. The average molecular weight is 271 g/mol. The van der Waals surface area contributed by atoms with Gasteiger partial charge in [-0.25, -0.2) is 4.79 Å². The fourth-order valence-corrected chi connectivity index (χ4v) is 1.77. The maximum atomic E-state index is 11.9. The highest BCUT2D eigenvalue weighted by Crippen LogP contribution is 2.05. The van der Waals surface area contributed by atoms with Crippen LogP contribution in [0.2, 0.25) is 0 Å². The summed E-state index contributed by atoms with van der Waals surface area (Å²) in [5.74, 6) is -2.32. The molecular weight excluding hydrogens is 254 g/mol. The van der Waals surface area contributed by atoms with Crippen molar-refractivity contribution in [2.24, 2.45) is 5.92 Å². The number of carbonyl (C=O) groups excluding carboxylic acids is 3. The van der Waals surface area contributed by atoms with Gasteiger partial charge >= 0.3 is 6.09 Å². The molecule has 1 rings (SSSR count). The Labute approximate surface area is 109 Å². The minimum atomic E-state index is -1.32. The molecule has 1 saturated heterocycles. The van der Waals surface area contributed by atoms with Crippen molar-refractivity contribution in [2.45, 2.75) is 32.4 Å². The number of Topliss-reactive ketones (excluding diaryl/α,β-unsaturated/α-hetero) is 1. The van der Waals surface area contributed by atoms with Crippen molar-refractivity contribution in [3.63, 3.8) is 0 Å². The number of carboxylic acid groups (broad SMARTS) is 1. The van der Waals surface area contributed by atoms with Gasteiger partial charge in [0.2, 0.25) is 11.7 Å². The monoisotopic (exact) mass is 271 g/mol. The lowest BCUT2D eigenvalue weighted by atomic mass is 10.0. The lowest BCUT2D eigenvalue weighted by Gasteiger charge is -2.25. The molecule has 0 radical (unpaired) electrons. The maximum absolute atomic E-state index is 11.9. The summed E-state index contributed by atoms with van der Waals surface area (Å²) in [6.07, 6.45) is -1.02. The summed E-state index contributed by atoms with van der Waals surface area (Å²) >= 11 is 0. The molecular formula is C11H17N3O5. The van der Waals surface area contributed by atoms with Gasteiger partial charge < -0.3 is 21.1 Å². The van der Waals surface area contributed by atoms with E-state index < -0.39 is 35.8 Å². The Balaban J connectivity index is 2.68. The number of nitrogens with one attached hydrogen (secondary N) is 3. The standard InChI is InChI=1S/C11H17N3O5/c1-5(2)7(14-11(18)19)9(16)13-6-3-4-12-10(17)8(6)15/h5-7,14H,3-4H2,1-2H3,(H,12,17)(H,13,16)(H,18,19). The number of hydrogen-bond donors (Lipinski definition) is 4. The van der Waals surface area contributed by atoms with Crippen molar-refractivity contribution in [2.75, 3.05) is 6.54 Å². The van der Waals surface area contributed by atoms with E-state index in [4.69, 9.17) is 5.11 Å². The Morgan fingerprint density at radius 3 is 2.53 bits per heavy atom. The Bertz CT molecular complexity index is 407. The number of hydrogen-bond acceptors (Lipinski definition) is 4. The number of piperidine rings is 1. The minimum Gasteiger partial charge on any atom is -0.465 e. The average Bonchev–Trinajstić information content (AvgIpc) is 2.31. The van der Waals surface area contributed by atoms with E-state index in [1.165, 1.54) is 0 Å². The van der Waals surface area contributed by atoms with E-state index >= 15 is 0 Å². The minimum absolute atomic E-state index is 0.274. The first kappa shape index (κ1) is 14.9. The topological polar surface area (TPSA) is 125 Å². The van der Waals surface area contributed by atoms with E-state index in [-0.39, 0.29) is 5.92 Å². The van der Waals surface area contributed by atoms with Gasteiger partial charge in [-0.05, 0) is 12.3 Å². The molecule has 106 valence electrons. The van der Waals surface area contributed by atoms with Gasteiger partial charge in [0.1, 0.15) is 6.04 Å². The van der Waals surface area contributed by atoms with E-state index in [0.29, 0.717) is 13.0 Å². The highest BCUT2D eigenvalue weighted by molar-refractivity contribution is 6.39. The van der Waals surface area contributed by atoms with Crippen LogP contribution in [0.1, 0.15) is 20.3 Å². The van der Waals surface area contributed by atoms with Crippen LogP contribution in [0.5, 0.6) is 0 Å². The van der Waals surface area contributed by atoms with Crippen LogP contribution in [0.3, 0.4) is 0 Å². The third-order valence-corrected chi connectivity index (χ3v) is 2.80. The van der Waals surface area contributed by atoms with Gasteiger partial charge in [-0.1, -0.05) is 13.8 Å². The summed E-state index contributed by atoms with van der Waals surface area (Å²) in [4.78, 5) is 45.2. The molecule has 1 aliphatic heterocycles. The van der Waals surface area contributed by atoms with Crippen LogP contribution < -0.4 is 16.0 Å². The fraction of sp³-hybridized carbons (Fsp3) is 0.636. The summed E-state index contributed by atoms with van der Waals surface area (Å²) in [7, 11) is 0. The second-order valence-corrected chi connectivity index (χ2v) is 4.64. The predicted octanol–water partition coefficient (Wildman–Crippen LogP) is -1.15. The summed E-state index contributed by atoms with van der Waals surface area (Å²) < 4.78 is 0. The second-order valence-electron chi connectivity index (χ2n) is 4.64. The van der Waals surface area contributed by atoms with E-state index in [2.05, 4.69) is 16.0 Å². The van der Waals surface area contributed by atoms with E-state index in [9.17, 15) is 19.2 Å². The smallest absolute Gasteiger partial charge is 0.405 e. The van der Waals surface area contributed by atoms with Crippen molar-refractivity contribution in [1.29, 1.82) is 0 Å². The number of rotatable bonds is 4. The Kier molecular flexibility index (Phi) is 4.85. The van der Waals surface area contributed by atoms with Gasteiger partial charge in [0.05, 0.1) is 6.04 Å². The molecule has 0 saturated carbocycles. The van der Waals surface area contributed by atoms with Crippen molar-refractivity contribution < 1.29 is 24.3 Å². The van der Waals surface area contributed by atoms with Crippen LogP contribution in [0.25, 0.3) is 0 Å². The highest BCUT2D eigenvalue weighted by atomic mass is 16.4. The van der Waals surface area contributed by atoms with Gasteiger partial charge in [0.15, 0.2) is 0 Å². The molecule has 19 heavy (non-hydrogen) atoms. The zero-order chi connectivity index (χ0) is 14.6. The Hall–Kier alpha value is -2.12. The molecule has 0 aromatic rings. The van der Waals surface area contributed by atoms with Crippen LogP contribution in [-0.4, -0.2) is 47.4 Å². The van der Waals surface area contributed by atoms with Gasteiger partial charge in [-0.3, -0.25) is 14.4 Å². The third kappa shape index (κ3) is 3.94. The third-order valence-electron chi connectivity index (χ3n) is 2.80.